The number of hydrogen-bond donors (Lipinski definition) is 1. The van der Waals surface area contributed by atoms with E-state index in [4.69, 9.17) is 4.74 Å². The van der Waals surface area contributed by atoms with Gasteiger partial charge in [-0.2, -0.15) is 0 Å². The van der Waals surface area contributed by atoms with Crippen LogP contribution in [0.5, 0.6) is 5.75 Å². The number of nitrogens with zero attached hydrogens (tertiary/aromatic N) is 2. The Morgan fingerprint density at radius 3 is 2.21 bits per heavy atom. The Labute approximate surface area is 143 Å². The molecule has 0 aliphatic heterocycles. The Morgan fingerprint density at radius 1 is 1.12 bits per heavy atom. The summed E-state index contributed by atoms with van der Waals surface area (Å²) in [6.45, 7) is 8.45. The van der Waals surface area contributed by atoms with Crippen molar-refractivity contribution in [1.29, 1.82) is 0 Å². The van der Waals surface area contributed by atoms with Gasteiger partial charge in [-0.3, -0.25) is 14.5 Å². The van der Waals surface area contributed by atoms with Gasteiger partial charge in [-0.1, -0.05) is 12.2 Å². The summed E-state index contributed by atoms with van der Waals surface area (Å²) in [6.07, 6.45) is 3.33. The van der Waals surface area contributed by atoms with Crippen molar-refractivity contribution >= 4 is 17.5 Å². The summed E-state index contributed by atoms with van der Waals surface area (Å²) in [5, 5.41) is 2.78. The summed E-state index contributed by atoms with van der Waals surface area (Å²) in [5.74, 6) is 0.462. The van der Waals surface area contributed by atoms with Crippen molar-refractivity contribution in [2.45, 2.75) is 0 Å². The Bertz CT molecular complexity index is 559. The molecule has 0 unspecified atom stereocenters. The third-order valence-corrected chi connectivity index (χ3v) is 3.24. The van der Waals surface area contributed by atoms with E-state index in [-0.39, 0.29) is 24.9 Å². The monoisotopic (exact) mass is 331 g/mol. The van der Waals surface area contributed by atoms with Crippen LogP contribution < -0.4 is 10.1 Å². The number of rotatable bonds is 10. The third kappa shape index (κ3) is 6.66. The highest BCUT2D eigenvalue weighted by atomic mass is 16.5. The van der Waals surface area contributed by atoms with Gasteiger partial charge >= 0.3 is 0 Å². The summed E-state index contributed by atoms with van der Waals surface area (Å²) >= 11 is 0. The van der Waals surface area contributed by atoms with Gasteiger partial charge in [-0.15, -0.1) is 13.2 Å². The fourth-order valence-electron chi connectivity index (χ4n) is 2.10. The molecule has 6 heteroatoms. The minimum absolute atomic E-state index is 0.0745. The summed E-state index contributed by atoms with van der Waals surface area (Å²) in [7, 11) is 3.31. The number of ether oxygens (including phenoxy) is 1. The fraction of sp³-hybridized carbons (Fsp3) is 0.333. The lowest BCUT2D eigenvalue weighted by atomic mass is 10.3. The van der Waals surface area contributed by atoms with Crippen molar-refractivity contribution in [1.82, 2.24) is 9.80 Å². The van der Waals surface area contributed by atoms with E-state index in [1.807, 2.05) is 0 Å². The quantitative estimate of drug-likeness (QED) is 0.664. The fourth-order valence-corrected chi connectivity index (χ4v) is 2.10. The van der Waals surface area contributed by atoms with Crippen LogP contribution in [0.3, 0.4) is 0 Å². The highest BCUT2D eigenvalue weighted by molar-refractivity contribution is 5.92. The van der Waals surface area contributed by atoms with E-state index in [0.717, 1.165) is 5.75 Å². The maximum atomic E-state index is 12.2. The van der Waals surface area contributed by atoms with Gasteiger partial charge in [0.05, 0.1) is 20.2 Å². The summed E-state index contributed by atoms with van der Waals surface area (Å²) in [4.78, 5) is 27.5. The van der Waals surface area contributed by atoms with Gasteiger partial charge < -0.3 is 15.0 Å². The van der Waals surface area contributed by atoms with E-state index in [9.17, 15) is 9.59 Å². The molecule has 0 aliphatic rings. The first-order valence-electron chi connectivity index (χ1n) is 7.62. The molecular weight excluding hydrogens is 306 g/mol. The van der Waals surface area contributed by atoms with E-state index >= 15 is 0 Å². The van der Waals surface area contributed by atoms with Gasteiger partial charge in [0.25, 0.3) is 0 Å². The minimum Gasteiger partial charge on any atom is -0.497 e. The highest BCUT2D eigenvalue weighted by Crippen LogP contribution is 2.14. The Morgan fingerprint density at radius 2 is 1.71 bits per heavy atom. The van der Waals surface area contributed by atoms with Crippen LogP contribution in [0, 0.1) is 0 Å². The van der Waals surface area contributed by atoms with E-state index < -0.39 is 0 Å². The zero-order chi connectivity index (χ0) is 17.9. The number of nitrogens with one attached hydrogen (secondary N) is 1. The number of carbonyl (C=O) groups is 2. The van der Waals surface area contributed by atoms with Gasteiger partial charge in [0, 0.05) is 18.8 Å². The van der Waals surface area contributed by atoms with Crippen LogP contribution in [-0.4, -0.2) is 62.0 Å². The first-order chi connectivity index (χ1) is 11.5. The number of methoxy groups -OCH3 is 1. The molecule has 1 aromatic carbocycles. The molecule has 0 saturated carbocycles. The second kappa shape index (κ2) is 10.2. The van der Waals surface area contributed by atoms with Gasteiger partial charge in [-0.05, 0) is 31.3 Å². The van der Waals surface area contributed by atoms with Crippen LogP contribution in [0.2, 0.25) is 0 Å². The zero-order valence-corrected chi connectivity index (χ0v) is 14.3. The van der Waals surface area contributed by atoms with Crippen LogP contribution >= 0.6 is 0 Å². The van der Waals surface area contributed by atoms with Crippen molar-refractivity contribution in [3.05, 3.63) is 49.6 Å². The molecule has 24 heavy (non-hydrogen) atoms. The van der Waals surface area contributed by atoms with Crippen LogP contribution in [0.1, 0.15) is 0 Å². The molecule has 6 nitrogen and oxygen atoms in total. The number of hydrogen-bond acceptors (Lipinski definition) is 4. The summed E-state index contributed by atoms with van der Waals surface area (Å²) in [6, 6.07) is 7.06. The molecule has 1 N–H and O–H groups in total. The van der Waals surface area contributed by atoms with Gasteiger partial charge in [-0.25, -0.2) is 0 Å². The molecule has 0 aliphatic carbocycles. The van der Waals surface area contributed by atoms with Crippen LogP contribution in [0.25, 0.3) is 0 Å². The number of anilines is 1. The molecule has 0 aromatic heterocycles. The molecule has 2 amide bonds. The van der Waals surface area contributed by atoms with Crippen LogP contribution in [-0.2, 0) is 9.59 Å². The van der Waals surface area contributed by atoms with E-state index in [1.165, 1.54) is 0 Å². The highest BCUT2D eigenvalue weighted by Gasteiger charge is 2.15. The molecule has 0 bridgehead atoms. The standard InChI is InChI=1S/C18H25N3O3/c1-5-11-21(12-6-2)18(23)14-20(3)13-17(22)19-15-7-9-16(24-4)10-8-15/h5-10H,1-2,11-14H2,3-4H3,(H,19,22). The van der Waals surface area contributed by atoms with Crippen molar-refractivity contribution < 1.29 is 14.3 Å². The Hall–Kier alpha value is -2.60. The van der Waals surface area contributed by atoms with Crippen molar-refractivity contribution in [2.75, 3.05) is 45.7 Å². The maximum absolute atomic E-state index is 12.2. The molecule has 1 aromatic rings. The molecule has 0 atom stereocenters. The van der Waals surface area contributed by atoms with Crippen LogP contribution in [0.15, 0.2) is 49.6 Å². The topological polar surface area (TPSA) is 61.9 Å². The predicted octanol–water partition coefficient (Wildman–Crippen LogP) is 1.77. The normalized spacial score (nSPS) is 10.1. The van der Waals surface area contributed by atoms with E-state index in [2.05, 4.69) is 18.5 Å². The molecule has 0 spiro atoms. The molecule has 0 radical (unpaired) electrons. The summed E-state index contributed by atoms with van der Waals surface area (Å²) < 4.78 is 5.07. The van der Waals surface area contributed by atoms with Crippen LogP contribution in [0.4, 0.5) is 5.69 Å². The predicted molar refractivity (Wildman–Crippen MR) is 96.1 cm³/mol. The molecule has 0 saturated heterocycles. The third-order valence-electron chi connectivity index (χ3n) is 3.24. The van der Waals surface area contributed by atoms with E-state index in [1.54, 1.807) is 60.4 Å². The first kappa shape index (κ1) is 19.4. The van der Waals surface area contributed by atoms with Gasteiger partial charge in [0.1, 0.15) is 5.75 Å². The number of amides is 2. The molecule has 1 rings (SSSR count). The Kier molecular flexibility index (Phi) is 8.29. The lowest BCUT2D eigenvalue weighted by Crippen LogP contribution is -2.41. The number of benzene rings is 1. The second-order valence-corrected chi connectivity index (χ2v) is 5.33. The van der Waals surface area contributed by atoms with E-state index in [0.29, 0.717) is 18.8 Å². The molecule has 0 fully saturated rings. The average molecular weight is 331 g/mol. The van der Waals surface area contributed by atoms with Gasteiger partial charge in [0.15, 0.2) is 0 Å². The second-order valence-electron chi connectivity index (χ2n) is 5.33. The molecular formula is C18H25N3O3. The average Bonchev–Trinajstić information content (AvgIpc) is 2.55. The zero-order valence-electron chi connectivity index (χ0n) is 14.3. The minimum atomic E-state index is -0.186. The first-order valence-corrected chi connectivity index (χ1v) is 7.62. The number of likely N-dealkylation sites (N-methyl/N-ethyl adjacent to an activating group) is 1. The van der Waals surface area contributed by atoms with Crippen molar-refractivity contribution in [3.63, 3.8) is 0 Å². The summed E-state index contributed by atoms with van der Waals surface area (Å²) in [5.41, 5.74) is 0.681. The van der Waals surface area contributed by atoms with Gasteiger partial charge in [0.2, 0.25) is 11.8 Å². The maximum Gasteiger partial charge on any atom is 0.238 e. The molecule has 0 heterocycles. The smallest absolute Gasteiger partial charge is 0.238 e. The lowest BCUT2D eigenvalue weighted by molar-refractivity contribution is -0.131. The number of carbonyl (C=O) groups excluding carboxylic acids is 2. The lowest BCUT2D eigenvalue weighted by Gasteiger charge is -2.23. The Balaban J connectivity index is 2.48. The molecule has 130 valence electrons. The SMILES string of the molecule is C=CCN(CC=C)C(=O)CN(C)CC(=O)Nc1ccc(OC)cc1. The van der Waals surface area contributed by atoms with Crippen molar-refractivity contribution in [2.24, 2.45) is 0 Å². The van der Waals surface area contributed by atoms with Crippen molar-refractivity contribution in [3.8, 4) is 5.75 Å². The largest absolute Gasteiger partial charge is 0.497 e.